The second kappa shape index (κ2) is 28.3. The molecule has 18 heteroatoms. The van der Waals surface area contributed by atoms with E-state index < -0.39 is 41.2 Å². The number of ether oxygens (including phenoxy) is 3. The molecule has 0 aliphatic carbocycles. The number of nitrogens with one attached hydrogen (secondary N) is 4. The standard InChI is InChI=1S/C47H77N9O8S/c1-9-11-13-14-15-16-17-18-19-20-21-22-37(57)62-28-29-65-32-36(52-45(61)64-47(6,7)8)42(59)51-35(31-63-46(3,4)5)41(58)50-34-25-23-33(24-26-34)30-56-40-38(53-44(56)60)39(48)54-43(55-40)49-27-12-10-2/h23-26,35-36H,9-22,27-32H2,1-8H3,(H,50,58)(H,51,59)(H,52,61)(H,53,60)(H3,48,49,54,55)/t35-,36-/m0/s1. The minimum atomic E-state index is -1.15. The van der Waals surface area contributed by atoms with Crippen molar-refractivity contribution in [1.82, 2.24) is 30.2 Å². The number of hydrogen-bond donors (Lipinski definition) is 6. The highest BCUT2D eigenvalue weighted by Gasteiger charge is 2.30. The second-order valence-electron chi connectivity index (χ2n) is 18.3. The molecule has 1 aromatic carbocycles. The fourth-order valence-electron chi connectivity index (χ4n) is 6.56. The third-order valence-corrected chi connectivity index (χ3v) is 11.1. The molecule has 3 amide bonds. The third kappa shape index (κ3) is 21.8. The summed E-state index contributed by atoms with van der Waals surface area (Å²) in [5.41, 5.74) is 6.56. The Hall–Kier alpha value is -4.84. The van der Waals surface area contributed by atoms with Crippen molar-refractivity contribution in [1.29, 1.82) is 0 Å². The van der Waals surface area contributed by atoms with Crippen LogP contribution in [0.5, 0.6) is 6.01 Å². The van der Waals surface area contributed by atoms with E-state index >= 15 is 0 Å². The lowest BCUT2D eigenvalue weighted by atomic mass is 10.1. The average molecular weight is 928 g/mol. The number of esters is 1. The molecule has 0 saturated carbocycles. The Bertz CT molecular complexity index is 1910. The highest BCUT2D eigenvalue weighted by molar-refractivity contribution is 7.99. The fourth-order valence-corrected chi connectivity index (χ4v) is 7.40. The monoisotopic (exact) mass is 928 g/mol. The third-order valence-electron chi connectivity index (χ3n) is 10.1. The smallest absolute Gasteiger partial charge is 0.408 e. The molecule has 0 saturated heterocycles. The Kier molecular flexibility index (Phi) is 23.7. The van der Waals surface area contributed by atoms with E-state index in [4.69, 9.17) is 19.9 Å². The van der Waals surface area contributed by atoms with E-state index in [-0.39, 0.29) is 48.8 Å². The van der Waals surface area contributed by atoms with Gasteiger partial charge in [-0.25, -0.2) is 4.79 Å². The zero-order chi connectivity index (χ0) is 47.8. The summed E-state index contributed by atoms with van der Waals surface area (Å²) in [6.45, 7) is 15.8. The van der Waals surface area contributed by atoms with Crippen molar-refractivity contribution >= 4 is 64.3 Å². The van der Waals surface area contributed by atoms with Crippen LogP contribution in [0.25, 0.3) is 11.2 Å². The van der Waals surface area contributed by atoms with Gasteiger partial charge in [0.15, 0.2) is 17.0 Å². The normalized spacial score (nSPS) is 12.7. The predicted molar refractivity (Wildman–Crippen MR) is 259 cm³/mol. The number of nitrogens with zero attached hydrogens (tertiary/aromatic N) is 4. The number of carbonyl (C=O) groups is 4. The summed E-state index contributed by atoms with van der Waals surface area (Å²) in [6, 6.07) is 4.44. The van der Waals surface area contributed by atoms with Crippen LogP contribution in [0.3, 0.4) is 0 Å². The summed E-state index contributed by atoms with van der Waals surface area (Å²) in [5, 5.41) is 22.1. The van der Waals surface area contributed by atoms with Crippen LogP contribution in [0.1, 0.15) is 151 Å². The number of nitrogens with two attached hydrogens (primary N) is 1. The Morgan fingerprint density at radius 3 is 2.03 bits per heavy atom. The largest absolute Gasteiger partial charge is 0.480 e. The molecule has 0 aliphatic heterocycles. The van der Waals surface area contributed by atoms with Crippen molar-refractivity contribution in [3.63, 3.8) is 0 Å². The first kappa shape index (κ1) is 54.5. The van der Waals surface area contributed by atoms with Crippen LogP contribution >= 0.6 is 11.8 Å². The van der Waals surface area contributed by atoms with Crippen LogP contribution in [0.4, 0.5) is 22.2 Å². The van der Waals surface area contributed by atoms with Gasteiger partial charge in [0.2, 0.25) is 17.8 Å². The zero-order valence-electron chi connectivity index (χ0n) is 40.2. The van der Waals surface area contributed by atoms with Gasteiger partial charge < -0.3 is 46.3 Å². The van der Waals surface area contributed by atoms with E-state index in [9.17, 15) is 24.3 Å². The molecule has 17 nitrogen and oxygen atoms in total. The number of rotatable bonds is 30. The Morgan fingerprint density at radius 1 is 0.785 bits per heavy atom. The van der Waals surface area contributed by atoms with E-state index in [0.717, 1.165) is 37.7 Å². The second-order valence-corrected chi connectivity index (χ2v) is 19.5. The summed E-state index contributed by atoms with van der Waals surface area (Å²) in [6.07, 6.45) is 14.7. The van der Waals surface area contributed by atoms with E-state index in [1.807, 2.05) is 20.8 Å². The lowest BCUT2D eigenvalue weighted by Crippen LogP contribution is -2.55. The molecule has 0 unspecified atom stereocenters. The fraction of sp³-hybridized carbons (Fsp3) is 0.681. The number of aromatic nitrogens is 4. The van der Waals surface area contributed by atoms with E-state index in [0.29, 0.717) is 36.0 Å². The van der Waals surface area contributed by atoms with Crippen molar-refractivity contribution in [2.24, 2.45) is 0 Å². The molecular formula is C47H77N9O8S. The number of thioether (sulfide) groups is 1. The number of hydrogen-bond acceptors (Lipinski definition) is 14. The van der Waals surface area contributed by atoms with Gasteiger partial charge in [0, 0.05) is 30.2 Å². The topological polar surface area (TPSA) is 234 Å². The number of carbonyl (C=O) groups excluding carboxylic acids is 4. The molecular weight excluding hydrogens is 851 g/mol. The van der Waals surface area contributed by atoms with E-state index in [2.05, 4.69) is 50.1 Å². The molecule has 0 aliphatic rings. The van der Waals surface area contributed by atoms with Gasteiger partial charge in [-0.05, 0) is 72.1 Å². The number of nitrogen functional groups attached to an aromatic ring is 1. The van der Waals surface area contributed by atoms with Gasteiger partial charge in [0.1, 0.15) is 24.3 Å². The average Bonchev–Trinajstić information content (AvgIpc) is 3.54. The maximum atomic E-state index is 13.9. The molecule has 0 bridgehead atoms. The van der Waals surface area contributed by atoms with Gasteiger partial charge in [0.05, 0.1) is 18.8 Å². The number of unbranched alkanes of at least 4 members (excludes halogenated alkanes) is 11. The molecule has 2 heterocycles. The van der Waals surface area contributed by atoms with Crippen molar-refractivity contribution in [3.8, 4) is 6.01 Å². The molecule has 65 heavy (non-hydrogen) atoms. The summed E-state index contributed by atoms with van der Waals surface area (Å²) >= 11 is 1.32. The van der Waals surface area contributed by atoms with Gasteiger partial charge in [0.25, 0.3) is 6.01 Å². The van der Waals surface area contributed by atoms with Gasteiger partial charge in [-0.1, -0.05) is 96.6 Å². The van der Waals surface area contributed by atoms with Crippen molar-refractivity contribution in [3.05, 3.63) is 29.8 Å². The number of imidazole rings is 1. The first-order chi connectivity index (χ1) is 30.9. The Balaban J connectivity index is 1.59. The summed E-state index contributed by atoms with van der Waals surface area (Å²) in [4.78, 5) is 65.9. The zero-order valence-corrected chi connectivity index (χ0v) is 41.0. The molecule has 0 radical (unpaired) electrons. The highest BCUT2D eigenvalue weighted by atomic mass is 32.2. The molecule has 7 N–H and O–H groups in total. The minimum absolute atomic E-state index is 0.119. The number of amides is 3. The lowest BCUT2D eigenvalue weighted by molar-refractivity contribution is -0.143. The van der Waals surface area contributed by atoms with Crippen LogP contribution < -0.4 is 27.0 Å². The molecule has 364 valence electrons. The molecule has 2 atom stereocenters. The van der Waals surface area contributed by atoms with Crippen molar-refractivity contribution < 1.29 is 38.5 Å². The van der Waals surface area contributed by atoms with Crippen molar-refractivity contribution in [2.75, 3.05) is 47.6 Å². The maximum absolute atomic E-state index is 13.9. The number of alkyl carbamates (subject to hydrolysis) is 1. The Labute approximate surface area is 390 Å². The van der Waals surface area contributed by atoms with Gasteiger partial charge >= 0.3 is 12.1 Å². The summed E-state index contributed by atoms with van der Waals surface area (Å²) < 4.78 is 18.4. The molecule has 0 spiro atoms. The quantitative estimate of drug-likeness (QED) is 0.0272. The predicted octanol–water partition coefficient (Wildman–Crippen LogP) is 8.48. The van der Waals surface area contributed by atoms with Crippen LogP contribution in [-0.2, 0) is 35.1 Å². The van der Waals surface area contributed by atoms with Crippen LogP contribution in [-0.4, -0.2) is 103 Å². The number of benzene rings is 1. The molecule has 0 fully saturated rings. The van der Waals surface area contributed by atoms with Gasteiger partial charge in [-0.2, -0.15) is 26.7 Å². The SMILES string of the molecule is CCCCCCCCCCCCCC(=O)OCCSC[C@H](NC(=O)OC(C)(C)C)C(=O)N[C@@H](COC(C)(C)C)C(=O)Nc1ccc(Cn2c(O)nc3c(N)nc(NCCCC)nc32)cc1. The van der Waals surface area contributed by atoms with Gasteiger partial charge in [-0.3, -0.25) is 19.0 Å². The van der Waals surface area contributed by atoms with Crippen LogP contribution in [0.15, 0.2) is 24.3 Å². The van der Waals surface area contributed by atoms with Gasteiger partial charge in [-0.15, -0.1) is 0 Å². The van der Waals surface area contributed by atoms with Crippen molar-refractivity contribution in [2.45, 2.75) is 175 Å². The summed E-state index contributed by atoms with van der Waals surface area (Å²) in [5.74, 6) is -0.413. The Morgan fingerprint density at radius 2 is 1.42 bits per heavy atom. The minimum Gasteiger partial charge on any atom is -0.480 e. The molecule has 2 aromatic heterocycles. The number of aromatic hydroxyl groups is 1. The van der Waals surface area contributed by atoms with Crippen LogP contribution in [0, 0.1) is 0 Å². The lowest BCUT2D eigenvalue weighted by Gasteiger charge is -2.27. The van der Waals surface area contributed by atoms with Crippen LogP contribution in [0.2, 0.25) is 0 Å². The highest BCUT2D eigenvalue weighted by Crippen LogP contribution is 2.26. The first-order valence-corrected chi connectivity index (χ1v) is 24.6. The molecule has 3 aromatic rings. The number of fused-ring (bicyclic) bond motifs is 1. The maximum Gasteiger partial charge on any atom is 0.408 e. The van der Waals surface area contributed by atoms with E-state index in [1.165, 1.54) is 67.7 Å². The van der Waals surface area contributed by atoms with E-state index in [1.54, 1.807) is 45.0 Å². The first-order valence-electron chi connectivity index (χ1n) is 23.4. The summed E-state index contributed by atoms with van der Waals surface area (Å²) in [7, 11) is 0. The molecule has 3 rings (SSSR count). The number of anilines is 3.